The van der Waals surface area contributed by atoms with Crippen molar-refractivity contribution >= 4 is 35.1 Å². The molecule has 14 heavy (non-hydrogen) atoms. The highest BCUT2D eigenvalue weighted by Gasteiger charge is 2.13. The molecule has 1 aromatic heterocycles. The predicted octanol–water partition coefficient (Wildman–Crippen LogP) is 0.205. The van der Waals surface area contributed by atoms with E-state index in [1.165, 1.54) is 6.92 Å². The van der Waals surface area contributed by atoms with Crippen LogP contribution in [0.1, 0.15) is 6.92 Å². The van der Waals surface area contributed by atoms with Crippen LogP contribution in [0.3, 0.4) is 0 Å². The number of halogens is 1. The summed E-state index contributed by atoms with van der Waals surface area (Å²) in [5.74, 6) is -0.940. The average Bonchev–Trinajstić information content (AvgIpc) is 2.52. The zero-order valence-electron chi connectivity index (χ0n) is 7.20. The van der Waals surface area contributed by atoms with E-state index in [1.54, 1.807) is 0 Å². The van der Waals surface area contributed by atoms with Crippen molar-refractivity contribution in [2.24, 2.45) is 0 Å². The molecule has 1 rings (SSSR count). The van der Waals surface area contributed by atoms with Gasteiger partial charge in [-0.1, -0.05) is 0 Å². The van der Waals surface area contributed by atoms with E-state index in [0.717, 1.165) is 0 Å². The average molecular weight is 219 g/mol. The first-order chi connectivity index (χ1) is 6.63. The fraction of sp³-hybridized carbons (Fsp3) is 0.333. The van der Waals surface area contributed by atoms with Crippen LogP contribution in [0, 0.1) is 0 Å². The Hall–Kier alpha value is -1.63. The van der Waals surface area contributed by atoms with Crippen LogP contribution in [0.4, 0.5) is 11.6 Å². The monoisotopic (exact) mass is 218 g/mol. The number of nitrogens with zero attached hydrogens (tertiary/aromatic N) is 2. The third-order valence-corrected chi connectivity index (χ3v) is 1.40. The van der Waals surface area contributed by atoms with Gasteiger partial charge in [0.15, 0.2) is 0 Å². The number of carbonyl (C=O) groups excluding carboxylic acids is 2. The van der Waals surface area contributed by atoms with Crippen LogP contribution < -0.4 is 10.6 Å². The highest BCUT2D eigenvalue weighted by molar-refractivity contribution is 6.29. The number of rotatable bonds is 3. The van der Waals surface area contributed by atoms with Crippen molar-refractivity contribution in [2.75, 3.05) is 16.5 Å². The lowest BCUT2D eigenvalue weighted by Gasteiger charge is -1.99. The zero-order chi connectivity index (χ0) is 10.6. The standard InChI is InChI=1S/C6H7ClN4O3/c1-3(12)8-5-6(11-14-10-5)9-4(13)2-7/h2H2,1H3,(H,8,10,12)(H,9,11,13). The van der Waals surface area contributed by atoms with Crippen molar-refractivity contribution in [1.82, 2.24) is 10.3 Å². The Morgan fingerprint density at radius 3 is 2.43 bits per heavy atom. The molecule has 0 fully saturated rings. The van der Waals surface area contributed by atoms with Gasteiger partial charge in [-0.25, -0.2) is 4.63 Å². The molecule has 1 aromatic rings. The van der Waals surface area contributed by atoms with Crippen LogP contribution in [-0.4, -0.2) is 28.0 Å². The third kappa shape index (κ3) is 2.70. The SMILES string of the molecule is CC(=O)Nc1nonc1NC(=O)CCl. The molecular formula is C6H7ClN4O3. The topological polar surface area (TPSA) is 97.1 Å². The second kappa shape index (κ2) is 4.56. The van der Waals surface area contributed by atoms with Gasteiger partial charge in [0.05, 0.1) is 0 Å². The van der Waals surface area contributed by atoms with Crippen molar-refractivity contribution in [3.63, 3.8) is 0 Å². The summed E-state index contributed by atoms with van der Waals surface area (Å²) in [5, 5.41) is 11.3. The number of hydrogen-bond donors (Lipinski definition) is 2. The molecule has 76 valence electrons. The summed E-state index contributed by atoms with van der Waals surface area (Å²) >= 11 is 5.25. The Bertz CT molecular complexity index is 351. The number of aromatic nitrogens is 2. The van der Waals surface area contributed by atoms with Gasteiger partial charge < -0.3 is 10.6 Å². The maximum absolute atomic E-state index is 10.9. The number of carbonyl (C=O) groups is 2. The van der Waals surface area contributed by atoms with Crippen LogP contribution in [0.2, 0.25) is 0 Å². The lowest BCUT2D eigenvalue weighted by atomic mass is 10.5. The van der Waals surface area contributed by atoms with Gasteiger partial charge in [-0.3, -0.25) is 9.59 Å². The second-order valence-corrected chi connectivity index (χ2v) is 2.59. The largest absolute Gasteiger partial charge is 0.305 e. The first kappa shape index (κ1) is 10.5. The summed E-state index contributed by atoms with van der Waals surface area (Å²) in [4.78, 5) is 21.5. The molecule has 2 N–H and O–H groups in total. The Morgan fingerprint density at radius 1 is 1.36 bits per heavy atom. The van der Waals surface area contributed by atoms with E-state index in [4.69, 9.17) is 11.6 Å². The van der Waals surface area contributed by atoms with Crippen LogP contribution in [0.25, 0.3) is 0 Å². The van der Waals surface area contributed by atoms with Gasteiger partial charge in [0.25, 0.3) is 0 Å². The summed E-state index contributed by atoms with van der Waals surface area (Å²) in [5.41, 5.74) is 0. The lowest BCUT2D eigenvalue weighted by molar-refractivity contribution is -0.115. The summed E-state index contributed by atoms with van der Waals surface area (Å²) in [6, 6.07) is 0. The van der Waals surface area contributed by atoms with Gasteiger partial charge in [0, 0.05) is 6.92 Å². The van der Waals surface area contributed by atoms with Crippen molar-refractivity contribution in [1.29, 1.82) is 0 Å². The van der Waals surface area contributed by atoms with Crippen LogP contribution >= 0.6 is 11.6 Å². The van der Waals surface area contributed by atoms with Crippen molar-refractivity contribution in [2.45, 2.75) is 6.92 Å². The highest BCUT2D eigenvalue weighted by atomic mass is 35.5. The minimum atomic E-state index is -0.464. The quantitative estimate of drug-likeness (QED) is 0.707. The highest BCUT2D eigenvalue weighted by Crippen LogP contribution is 2.14. The van der Waals surface area contributed by atoms with E-state index in [2.05, 4.69) is 25.6 Å². The van der Waals surface area contributed by atoms with Crippen LogP contribution in [-0.2, 0) is 9.59 Å². The van der Waals surface area contributed by atoms with E-state index in [0.29, 0.717) is 0 Å². The number of alkyl halides is 1. The van der Waals surface area contributed by atoms with E-state index in [9.17, 15) is 9.59 Å². The molecular weight excluding hydrogens is 212 g/mol. The Balaban J connectivity index is 2.72. The van der Waals surface area contributed by atoms with Crippen molar-refractivity contribution < 1.29 is 14.2 Å². The number of hydrogen-bond acceptors (Lipinski definition) is 5. The summed E-state index contributed by atoms with van der Waals surface area (Å²) in [6.07, 6.45) is 0. The molecule has 8 heteroatoms. The fourth-order valence-corrected chi connectivity index (χ4v) is 0.752. The Labute approximate surface area is 83.8 Å². The summed E-state index contributed by atoms with van der Waals surface area (Å²) in [7, 11) is 0. The van der Waals surface area contributed by atoms with Gasteiger partial charge in [-0.05, 0) is 10.3 Å². The van der Waals surface area contributed by atoms with E-state index < -0.39 is 5.91 Å². The maximum atomic E-state index is 10.9. The molecule has 0 aliphatic rings. The first-order valence-electron chi connectivity index (χ1n) is 3.59. The zero-order valence-corrected chi connectivity index (χ0v) is 7.96. The molecule has 0 atom stereocenters. The molecule has 0 aromatic carbocycles. The fourth-order valence-electron chi connectivity index (χ4n) is 0.685. The molecule has 0 saturated carbocycles. The molecule has 0 saturated heterocycles. The third-order valence-electron chi connectivity index (χ3n) is 1.16. The molecule has 0 aliphatic carbocycles. The Kier molecular flexibility index (Phi) is 3.41. The summed E-state index contributed by atoms with van der Waals surface area (Å²) < 4.78 is 4.32. The number of amides is 2. The van der Waals surface area contributed by atoms with Crippen molar-refractivity contribution in [3.8, 4) is 0 Å². The molecule has 0 unspecified atom stereocenters. The minimum absolute atomic E-state index is 0.0332. The number of nitrogens with one attached hydrogen (secondary N) is 2. The summed E-state index contributed by atoms with van der Waals surface area (Å²) in [6.45, 7) is 1.29. The Morgan fingerprint density at radius 2 is 1.93 bits per heavy atom. The van der Waals surface area contributed by atoms with Gasteiger partial charge in [-0.15, -0.1) is 11.6 Å². The van der Waals surface area contributed by atoms with Crippen molar-refractivity contribution in [3.05, 3.63) is 0 Å². The molecule has 1 heterocycles. The first-order valence-corrected chi connectivity index (χ1v) is 4.13. The predicted molar refractivity (Wildman–Crippen MR) is 48.0 cm³/mol. The molecule has 7 nitrogen and oxygen atoms in total. The lowest BCUT2D eigenvalue weighted by Crippen LogP contribution is -2.15. The van der Waals surface area contributed by atoms with Gasteiger partial charge in [-0.2, -0.15) is 0 Å². The maximum Gasteiger partial charge on any atom is 0.240 e. The minimum Gasteiger partial charge on any atom is -0.305 e. The van der Waals surface area contributed by atoms with E-state index >= 15 is 0 Å². The molecule has 0 radical (unpaired) electrons. The second-order valence-electron chi connectivity index (χ2n) is 2.32. The van der Waals surface area contributed by atoms with E-state index in [-0.39, 0.29) is 23.4 Å². The van der Waals surface area contributed by atoms with Crippen LogP contribution in [0.5, 0.6) is 0 Å². The van der Waals surface area contributed by atoms with E-state index in [1.807, 2.05) is 0 Å². The van der Waals surface area contributed by atoms with Gasteiger partial charge >= 0.3 is 0 Å². The normalized spacial score (nSPS) is 9.57. The molecule has 2 amide bonds. The number of anilines is 2. The molecule has 0 bridgehead atoms. The van der Waals surface area contributed by atoms with Gasteiger partial charge in [0.2, 0.25) is 23.5 Å². The van der Waals surface area contributed by atoms with Crippen LogP contribution in [0.15, 0.2) is 4.63 Å². The smallest absolute Gasteiger partial charge is 0.240 e. The molecule has 0 aliphatic heterocycles. The molecule has 0 spiro atoms. The van der Waals surface area contributed by atoms with Gasteiger partial charge in [0.1, 0.15) is 5.88 Å².